The van der Waals surface area contributed by atoms with Gasteiger partial charge in [-0.3, -0.25) is 0 Å². The number of rotatable bonds is 6. The Hall–Kier alpha value is -0.430. The lowest BCUT2D eigenvalue weighted by molar-refractivity contribution is 0.259. The van der Waals surface area contributed by atoms with Crippen LogP contribution in [0.1, 0.15) is 0 Å². The molecule has 0 amide bonds. The molecule has 0 saturated heterocycles. The van der Waals surface area contributed by atoms with Gasteiger partial charge in [0.1, 0.15) is 0 Å². The molecule has 0 aliphatic rings. The molecule has 12 heavy (non-hydrogen) atoms. The molecule has 0 atom stereocenters. The average molecular weight is 194 g/mol. The molecule has 0 fully saturated rings. The highest BCUT2D eigenvalue weighted by Gasteiger charge is 2.16. The molecule has 2 N–H and O–H groups in total. The summed E-state index contributed by atoms with van der Waals surface area (Å²) in [7, 11) is -2.11. The second-order valence-corrected chi connectivity index (χ2v) is 3.95. The first-order chi connectivity index (χ1) is 5.58. The Kier molecular flexibility index (Phi) is 5.07. The number of nitrogens with zero attached hydrogens (tertiary/aromatic N) is 1. The molecule has 0 unspecified atom stereocenters. The summed E-state index contributed by atoms with van der Waals surface area (Å²) in [5.41, 5.74) is 0. The fraction of sp³-hybridized carbons (Fsp3) is 0.667. The summed E-state index contributed by atoms with van der Waals surface area (Å²) in [6.45, 7) is 3.49. The molecule has 0 aromatic rings. The molecule has 0 radical (unpaired) electrons. The molecule has 0 aromatic heterocycles. The maximum absolute atomic E-state index is 11.1. The van der Waals surface area contributed by atoms with Gasteiger partial charge in [-0.25, -0.2) is 4.72 Å². The van der Waals surface area contributed by atoms with Crippen molar-refractivity contribution in [3.8, 4) is 0 Å². The summed E-state index contributed by atoms with van der Waals surface area (Å²) in [6, 6.07) is 0. The van der Waals surface area contributed by atoms with E-state index in [4.69, 9.17) is 5.11 Å². The van der Waals surface area contributed by atoms with Gasteiger partial charge in [0.05, 0.1) is 6.61 Å². The summed E-state index contributed by atoms with van der Waals surface area (Å²) < 4.78 is 25.5. The van der Waals surface area contributed by atoms with Gasteiger partial charge in [-0.05, 0) is 0 Å². The van der Waals surface area contributed by atoms with Crippen LogP contribution in [0.5, 0.6) is 0 Å². The first-order valence-corrected chi connectivity index (χ1v) is 4.93. The minimum atomic E-state index is -3.43. The standard InChI is InChI=1S/C6H14N2O3S/c1-3-4-8(5-6-9)12(10,11)7-2/h3,7,9H,1,4-6H2,2H3. The van der Waals surface area contributed by atoms with Crippen molar-refractivity contribution in [2.24, 2.45) is 0 Å². The first kappa shape index (κ1) is 11.6. The Balaban J connectivity index is 4.38. The van der Waals surface area contributed by atoms with E-state index in [0.29, 0.717) is 0 Å². The molecular formula is C6H14N2O3S. The Morgan fingerprint density at radius 2 is 2.25 bits per heavy atom. The van der Waals surface area contributed by atoms with Crippen LogP contribution in [0.4, 0.5) is 0 Å². The van der Waals surface area contributed by atoms with E-state index in [1.807, 2.05) is 0 Å². The number of aliphatic hydroxyl groups excluding tert-OH is 1. The highest BCUT2D eigenvalue weighted by atomic mass is 32.2. The van der Waals surface area contributed by atoms with Crippen LogP contribution in [0.3, 0.4) is 0 Å². The molecule has 0 aliphatic carbocycles. The van der Waals surface area contributed by atoms with Crippen molar-refractivity contribution in [1.82, 2.24) is 9.03 Å². The third kappa shape index (κ3) is 3.31. The molecular weight excluding hydrogens is 180 g/mol. The van der Waals surface area contributed by atoms with Crippen LogP contribution in [-0.4, -0.2) is 44.6 Å². The lowest BCUT2D eigenvalue weighted by Crippen LogP contribution is -2.40. The van der Waals surface area contributed by atoms with Crippen LogP contribution in [0.2, 0.25) is 0 Å². The van der Waals surface area contributed by atoms with Crippen molar-refractivity contribution in [2.45, 2.75) is 0 Å². The van der Waals surface area contributed by atoms with Crippen LogP contribution in [-0.2, 0) is 10.2 Å². The number of hydrogen-bond donors (Lipinski definition) is 2. The zero-order valence-corrected chi connectivity index (χ0v) is 7.84. The number of hydrogen-bond acceptors (Lipinski definition) is 3. The molecule has 0 aromatic carbocycles. The van der Waals surface area contributed by atoms with Gasteiger partial charge in [-0.2, -0.15) is 12.7 Å². The molecule has 0 rings (SSSR count). The third-order valence-corrected chi connectivity index (χ3v) is 2.81. The van der Waals surface area contributed by atoms with Gasteiger partial charge >= 0.3 is 0 Å². The van der Waals surface area contributed by atoms with Gasteiger partial charge in [-0.1, -0.05) is 6.08 Å². The molecule has 0 aliphatic heterocycles. The maximum atomic E-state index is 11.1. The van der Waals surface area contributed by atoms with Gasteiger partial charge in [0.25, 0.3) is 10.2 Å². The van der Waals surface area contributed by atoms with E-state index in [9.17, 15) is 8.42 Å². The maximum Gasteiger partial charge on any atom is 0.279 e. The van der Waals surface area contributed by atoms with Crippen molar-refractivity contribution in [1.29, 1.82) is 0 Å². The molecule has 0 spiro atoms. The largest absolute Gasteiger partial charge is 0.395 e. The van der Waals surface area contributed by atoms with Gasteiger partial charge in [0.15, 0.2) is 0 Å². The minimum Gasteiger partial charge on any atom is -0.395 e. The quantitative estimate of drug-likeness (QED) is 0.529. The van der Waals surface area contributed by atoms with E-state index in [-0.39, 0.29) is 19.7 Å². The van der Waals surface area contributed by atoms with E-state index in [0.717, 1.165) is 4.31 Å². The fourth-order valence-corrected chi connectivity index (χ4v) is 1.58. The van der Waals surface area contributed by atoms with Crippen LogP contribution >= 0.6 is 0 Å². The van der Waals surface area contributed by atoms with E-state index in [1.165, 1.54) is 13.1 Å². The predicted octanol–water partition coefficient (Wildman–Crippen LogP) is -1.07. The molecule has 72 valence electrons. The van der Waals surface area contributed by atoms with Gasteiger partial charge in [-0.15, -0.1) is 6.58 Å². The van der Waals surface area contributed by atoms with Crippen molar-refractivity contribution in [3.63, 3.8) is 0 Å². The topological polar surface area (TPSA) is 69.6 Å². The molecule has 5 nitrogen and oxygen atoms in total. The Bertz CT molecular complexity index is 225. The zero-order chi connectivity index (χ0) is 9.61. The van der Waals surface area contributed by atoms with E-state index >= 15 is 0 Å². The lowest BCUT2D eigenvalue weighted by Gasteiger charge is -2.17. The third-order valence-electron chi connectivity index (χ3n) is 1.28. The second-order valence-electron chi connectivity index (χ2n) is 2.08. The van der Waals surface area contributed by atoms with E-state index < -0.39 is 10.2 Å². The second kappa shape index (κ2) is 5.26. The summed E-state index contributed by atoms with van der Waals surface area (Å²) in [5.74, 6) is 0. The fourth-order valence-electron chi connectivity index (χ4n) is 0.694. The predicted molar refractivity (Wildman–Crippen MR) is 46.8 cm³/mol. The first-order valence-electron chi connectivity index (χ1n) is 3.49. The Morgan fingerprint density at radius 1 is 1.67 bits per heavy atom. The van der Waals surface area contributed by atoms with Crippen molar-refractivity contribution < 1.29 is 13.5 Å². The normalized spacial score (nSPS) is 11.9. The highest BCUT2D eigenvalue weighted by Crippen LogP contribution is 1.95. The van der Waals surface area contributed by atoms with Gasteiger partial charge in [0.2, 0.25) is 0 Å². The monoisotopic (exact) mass is 194 g/mol. The minimum absolute atomic E-state index is 0.0786. The van der Waals surface area contributed by atoms with Gasteiger partial charge < -0.3 is 5.11 Å². The zero-order valence-electron chi connectivity index (χ0n) is 7.02. The summed E-state index contributed by atoms with van der Waals surface area (Å²) >= 11 is 0. The van der Waals surface area contributed by atoms with Crippen molar-refractivity contribution >= 4 is 10.2 Å². The molecule has 0 heterocycles. The molecule has 0 saturated carbocycles. The van der Waals surface area contributed by atoms with E-state index in [2.05, 4.69) is 11.3 Å². The van der Waals surface area contributed by atoms with Crippen molar-refractivity contribution in [3.05, 3.63) is 12.7 Å². The highest BCUT2D eigenvalue weighted by molar-refractivity contribution is 7.87. The van der Waals surface area contributed by atoms with E-state index in [1.54, 1.807) is 0 Å². The van der Waals surface area contributed by atoms with Crippen LogP contribution in [0.15, 0.2) is 12.7 Å². The lowest BCUT2D eigenvalue weighted by atomic mass is 10.6. The van der Waals surface area contributed by atoms with Crippen molar-refractivity contribution in [2.75, 3.05) is 26.7 Å². The van der Waals surface area contributed by atoms with Crippen LogP contribution < -0.4 is 4.72 Å². The summed E-state index contributed by atoms with van der Waals surface area (Å²) in [6.07, 6.45) is 1.46. The summed E-state index contributed by atoms with van der Waals surface area (Å²) in [5, 5.41) is 8.55. The Labute approximate surface area is 72.9 Å². The number of nitrogens with one attached hydrogen (secondary N) is 1. The summed E-state index contributed by atoms with van der Waals surface area (Å²) in [4.78, 5) is 0. The smallest absolute Gasteiger partial charge is 0.279 e. The Morgan fingerprint density at radius 3 is 2.58 bits per heavy atom. The van der Waals surface area contributed by atoms with Crippen LogP contribution in [0, 0.1) is 0 Å². The average Bonchev–Trinajstić information content (AvgIpc) is 2.04. The number of aliphatic hydroxyl groups is 1. The van der Waals surface area contributed by atoms with Crippen LogP contribution in [0.25, 0.3) is 0 Å². The SMILES string of the molecule is C=CCN(CCO)S(=O)(=O)NC. The molecule has 6 heteroatoms. The van der Waals surface area contributed by atoms with Gasteiger partial charge in [0, 0.05) is 20.1 Å². The molecule has 0 bridgehead atoms.